The summed E-state index contributed by atoms with van der Waals surface area (Å²) in [7, 11) is 0. The minimum Gasteiger partial charge on any atom is -0.294 e. The zero-order valence-corrected chi connectivity index (χ0v) is 13.8. The Morgan fingerprint density at radius 1 is 1.18 bits per heavy atom. The number of rotatable bonds is 4. The van der Waals surface area contributed by atoms with Gasteiger partial charge in [-0.1, -0.05) is 42.8 Å². The highest BCUT2D eigenvalue weighted by molar-refractivity contribution is 5.96. The van der Waals surface area contributed by atoms with Crippen LogP contribution in [0.4, 0.5) is 0 Å². The van der Waals surface area contributed by atoms with Gasteiger partial charge in [0.1, 0.15) is 0 Å². The summed E-state index contributed by atoms with van der Waals surface area (Å²) in [5.74, 6) is 0.636. The molecule has 3 rings (SSSR count). The van der Waals surface area contributed by atoms with Crippen LogP contribution < -0.4 is 0 Å². The Morgan fingerprint density at radius 2 is 1.82 bits per heavy atom. The molecule has 2 saturated heterocycles. The first-order valence-electron chi connectivity index (χ1n) is 8.66. The van der Waals surface area contributed by atoms with E-state index in [1.54, 1.807) is 0 Å². The van der Waals surface area contributed by atoms with E-state index < -0.39 is 0 Å². The zero-order chi connectivity index (χ0) is 15.5. The van der Waals surface area contributed by atoms with E-state index in [0.717, 1.165) is 25.0 Å². The lowest BCUT2D eigenvalue weighted by atomic mass is 9.75. The molecule has 2 unspecified atom stereocenters. The first-order chi connectivity index (χ1) is 10.7. The van der Waals surface area contributed by atoms with Crippen LogP contribution >= 0.6 is 0 Å². The summed E-state index contributed by atoms with van der Waals surface area (Å²) in [5, 5.41) is 0. The van der Waals surface area contributed by atoms with Crippen molar-refractivity contribution in [1.82, 2.24) is 4.90 Å². The number of hydrogen-bond donors (Lipinski definition) is 0. The topological polar surface area (TPSA) is 20.3 Å². The van der Waals surface area contributed by atoms with E-state index >= 15 is 0 Å². The Labute approximate surface area is 134 Å². The monoisotopic (exact) mass is 297 g/mol. The molecule has 0 aromatic heterocycles. The Kier molecular flexibility index (Phi) is 4.77. The molecule has 0 amide bonds. The summed E-state index contributed by atoms with van der Waals surface area (Å²) < 4.78 is 0. The van der Waals surface area contributed by atoms with Crippen LogP contribution in [-0.4, -0.2) is 22.8 Å². The highest BCUT2D eigenvalue weighted by Gasteiger charge is 2.40. The van der Waals surface area contributed by atoms with Gasteiger partial charge in [0.15, 0.2) is 5.78 Å². The molecule has 1 aromatic carbocycles. The Morgan fingerprint density at radius 3 is 2.41 bits per heavy atom. The van der Waals surface area contributed by atoms with E-state index in [4.69, 9.17) is 0 Å². The molecule has 2 heterocycles. The quantitative estimate of drug-likeness (QED) is 0.770. The maximum Gasteiger partial charge on any atom is 0.161 e. The third-order valence-corrected chi connectivity index (χ3v) is 5.53. The van der Waals surface area contributed by atoms with Crippen LogP contribution in [0.1, 0.15) is 51.5 Å². The third kappa shape index (κ3) is 3.17. The van der Waals surface area contributed by atoms with E-state index in [1.807, 2.05) is 19.9 Å². The van der Waals surface area contributed by atoms with Crippen molar-refractivity contribution in [2.45, 2.75) is 64.6 Å². The largest absolute Gasteiger partial charge is 0.294 e. The fraction of sp³-hybridized carbons (Fsp3) is 0.550. The Bertz CT molecular complexity index is 534. The molecule has 2 nitrogen and oxygen atoms in total. The van der Waals surface area contributed by atoms with Gasteiger partial charge in [-0.2, -0.15) is 0 Å². The van der Waals surface area contributed by atoms with Gasteiger partial charge in [0.25, 0.3) is 0 Å². The van der Waals surface area contributed by atoms with Gasteiger partial charge >= 0.3 is 0 Å². The van der Waals surface area contributed by atoms with Crippen molar-refractivity contribution >= 4 is 5.78 Å². The molecule has 118 valence electrons. The minimum atomic E-state index is 0.249. The van der Waals surface area contributed by atoms with Crippen LogP contribution in [0, 0.1) is 5.92 Å². The molecular weight excluding hydrogens is 270 g/mol. The minimum absolute atomic E-state index is 0.249. The molecule has 2 heteroatoms. The summed E-state index contributed by atoms with van der Waals surface area (Å²) in [6.45, 7) is 4.98. The maximum atomic E-state index is 12.5. The lowest BCUT2D eigenvalue weighted by molar-refractivity contribution is -0.123. The average molecular weight is 297 g/mol. The van der Waals surface area contributed by atoms with E-state index in [0.29, 0.717) is 17.9 Å². The molecule has 0 spiro atoms. The summed E-state index contributed by atoms with van der Waals surface area (Å²) in [6.07, 6.45) is 7.89. The van der Waals surface area contributed by atoms with E-state index in [-0.39, 0.29) is 5.92 Å². The molecule has 2 bridgehead atoms. The van der Waals surface area contributed by atoms with Gasteiger partial charge < -0.3 is 0 Å². The van der Waals surface area contributed by atoms with Crippen molar-refractivity contribution in [3.63, 3.8) is 0 Å². The number of nitrogens with zero attached hydrogens (tertiary/aromatic N) is 1. The number of piperidine rings is 2. The summed E-state index contributed by atoms with van der Waals surface area (Å²) in [5.41, 5.74) is 2.34. The molecule has 2 atom stereocenters. The molecular formula is C20H27NO. The third-order valence-electron chi connectivity index (χ3n) is 5.53. The van der Waals surface area contributed by atoms with Crippen LogP contribution in [-0.2, 0) is 11.3 Å². The molecule has 1 aromatic rings. The Hall–Kier alpha value is -1.41. The highest BCUT2D eigenvalue weighted by Crippen LogP contribution is 2.39. The summed E-state index contributed by atoms with van der Waals surface area (Å²) >= 11 is 0. The number of allylic oxidation sites excluding steroid dienone is 2. The molecule has 0 aliphatic carbocycles. The van der Waals surface area contributed by atoms with Crippen molar-refractivity contribution in [2.24, 2.45) is 5.92 Å². The predicted octanol–water partition coefficient (Wildman–Crippen LogP) is 4.36. The van der Waals surface area contributed by atoms with Gasteiger partial charge in [0.2, 0.25) is 0 Å². The second kappa shape index (κ2) is 6.78. The lowest BCUT2D eigenvalue weighted by Gasteiger charge is -2.48. The van der Waals surface area contributed by atoms with Crippen LogP contribution in [0.2, 0.25) is 0 Å². The van der Waals surface area contributed by atoms with Crippen molar-refractivity contribution in [3.8, 4) is 0 Å². The summed E-state index contributed by atoms with van der Waals surface area (Å²) in [6, 6.07) is 11.9. The average Bonchev–Trinajstić information content (AvgIpc) is 2.54. The second-order valence-corrected chi connectivity index (χ2v) is 6.90. The number of benzene rings is 1. The molecule has 2 aliphatic rings. The van der Waals surface area contributed by atoms with Gasteiger partial charge in [0, 0.05) is 24.5 Å². The smallest absolute Gasteiger partial charge is 0.161 e. The van der Waals surface area contributed by atoms with Gasteiger partial charge in [0.05, 0.1) is 0 Å². The molecule has 22 heavy (non-hydrogen) atoms. The van der Waals surface area contributed by atoms with E-state index in [2.05, 4.69) is 35.2 Å². The number of Topliss-reactive ketones (excluding diaryl/α,β-unsaturated/α-hetero) is 1. The number of fused-ring (bicyclic) bond motifs is 2. The number of carbonyl (C=O) groups excluding carboxylic acids is 1. The first kappa shape index (κ1) is 15.5. The van der Waals surface area contributed by atoms with E-state index in [1.165, 1.54) is 24.8 Å². The lowest BCUT2D eigenvalue weighted by Crippen LogP contribution is -2.52. The van der Waals surface area contributed by atoms with Crippen LogP contribution in [0.5, 0.6) is 0 Å². The van der Waals surface area contributed by atoms with E-state index in [9.17, 15) is 4.79 Å². The van der Waals surface area contributed by atoms with Crippen molar-refractivity contribution in [1.29, 1.82) is 0 Å². The SMILES string of the molecule is CC=C(C)C(=O)C1CC2CCCC(C1)N2Cc1ccccc1. The normalized spacial score (nSPS) is 29.4. The van der Waals surface area contributed by atoms with Crippen LogP contribution in [0.25, 0.3) is 0 Å². The zero-order valence-electron chi connectivity index (χ0n) is 13.8. The number of hydrogen-bond acceptors (Lipinski definition) is 2. The highest BCUT2D eigenvalue weighted by atomic mass is 16.1. The van der Waals surface area contributed by atoms with Gasteiger partial charge in [-0.25, -0.2) is 0 Å². The van der Waals surface area contributed by atoms with Gasteiger partial charge in [-0.15, -0.1) is 0 Å². The molecule has 0 saturated carbocycles. The number of carbonyl (C=O) groups is 1. The molecule has 2 aliphatic heterocycles. The standard InChI is InChI=1S/C20H27NO/c1-3-15(2)20(22)17-12-18-10-7-11-19(13-17)21(18)14-16-8-5-4-6-9-16/h3-6,8-9,17-19H,7,10-14H2,1-2H3. The van der Waals surface area contributed by atoms with Crippen molar-refractivity contribution in [2.75, 3.05) is 0 Å². The fourth-order valence-corrected chi connectivity index (χ4v) is 4.21. The number of ketones is 1. The van der Waals surface area contributed by atoms with Crippen molar-refractivity contribution in [3.05, 3.63) is 47.5 Å². The molecule has 2 fully saturated rings. The predicted molar refractivity (Wildman–Crippen MR) is 90.6 cm³/mol. The van der Waals surface area contributed by atoms with Crippen molar-refractivity contribution < 1.29 is 4.79 Å². The first-order valence-corrected chi connectivity index (χ1v) is 8.66. The Balaban J connectivity index is 1.72. The van der Waals surface area contributed by atoms with Gasteiger partial charge in [-0.3, -0.25) is 9.69 Å². The second-order valence-electron chi connectivity index (χ2n) is 6.90. The molecule has 0 radical (unpaired) electrons. The molecule has 0 N–H and O–H groups in total. The summed E-state index contributed by atoms with van der Waals surface area (Å²) in [4.78, 5) is 15.2. The van der Waals surface area contributed by atoms with Crippen LogP contribution in [0.15, 0.2) is 42.0 Å². The fourth-order valence-electron chi connectivity index (χ4n) is 4.21. The van der Waals surface area contributed by atoms with Crippen LogP contribution in [0.3, 0.4) is 0 Å². The maximum absolute atomic E-state index is 12.5. The van der Waals surface area contributed by atoms with Gasteiger partial charge in [-0.05, 0) is 50.7 Å².